The van der Waals surface area contributed by atoms with E-state index in [0.717, 1.165) is 33.2 Å². The smallest absolute Gasteiger partial charge is 0.266 e. The summed E-state index contributed by atoms with van der Waals surface area (Å²) in [6.07, 6.45) is 1.62. The number of hydrogen-bond acceptors (Lipinski definition) is 2. The van der Waals surface area contributed by atoms with Gasteiger partial charge in [0, 0.05) is 5.69 Å². The third-order valence-corrected chi connectivity index (χ3v) is 4.30. The Labute approximate surface area is 147 Å². The maximum absolute atomic E-state index is 12.5. The number of rotatable bonds is 3. The van der Waals surface area contributed by atoms with Crippen molar-refractivity contribution < 1.29 is 4.79 Å². The molecule has 0 heterocycles. The van der Waals surface area contributed by atoms with Gasteiger partial charge in [0.1, 0.15) is 11.6 Å². The largest absolute Gasteiger partial charge is 0.321 e. The van der Waals surface area contributed by atoms with Crippen molar-refractivity contribution in [3.63, 3.8) is 0 Å². The summed E-state index contributed by atoms with van der Waals surface area (Å²) in [5, 5.41) is 14.4. The van der Waals surface area contributed by atoms with Crippen molar-refractivity contribution in [2.75, 3.05) is 5.32 Å². The lowest BCUT2D eigenvalue weighted by Gasteiger charge is -2.10. The summed E-state index contributed by atoms with van der Waals surface area (Å²) in [6.45, 7) is 3.94. The molecule has 0 atom stereocenters. The maximum atomic E-state index is 12.5. The van der Waals surface area contributed by atoms with Crippen LogP contribution in [0.1, 0.15) is 16.7 Å². The first-order valence-electron chi connectivity index (χ1n) is 8.06. The standard InChI is InChI=1S/C22H18N2O/c1-15-6-5-9-21(16(15)2)24-22(25)20(14-23)13-17-10-11-18-7-3-4-8-19(18)12-17/h3-13H,1-2H3,(H,24,25)/b20-13+. The van der Waals surface area contributed by atoms with Crippen molar-refractivity contribution in [1.82, 2.24) is 0 Å². The second-order valence-electron chi connectivity index (χ2n) is 5.98. The van der Waals surface area contributed by atoms with Crippen LogP contribution >= 0.6 is 0 Å². The summed E-state index contributed by atoms with van der Waals surface area (Å²) >= 11 is 0. The van der Waals surface area contributed by atoms with Crippen LogP contribution in [0.3, 0.4) is 0 Å². The monoisotopic (exact) mass is 326 g/mol. The summed E-state index contributed by atoms with van der Waals surface area (Å²) in [4.78, 5) is 12.5. The zero-order valence-electron chi connectivity index (χ0n) is 14.2. The van der Waals surface area contributed by atoms with Gasteiger partial charge in [-0.1, -0.05) is 48.5 Å². The maximum Gasteiger partial charge on any atom is 0.266 e. The number of nitrogens with zero attached hydrogens (tertiary/aromatic N) is 1. The summed E-state index contributed by atoms with van der Waals surface area (Å²) in [5.41, 5.74) is 3.72. The molecule has 0 bridgehead atoms. The van der Waals surface area contributed by atoms with Crippen molar-refractivity contribution in [3.05, 3.63) is 82.9 Å². The van der Waals surface area contributed by atoms with Crippen LogP contribution in [0.4, 0.5) is 5.69 Å². The molecule has 0 fully saturated rings. The number of anilines is 1. The van der Waals surface area contributed by atoms with Crippen molar-refractivity contribution >= 4 is 28.4 Å². The van der Waals surface area contributed by atoms with Gasteiger partial charge in [0.05, 0.1) is 0 Å². The lowest BCUT2D eigenvalue weighted by atomic mass is 10.0. The molecule has 0 unspecified atom stereocenters. The average Bonchev–Trinajstić information content (AvgIpc) is 2.63. The average molecular weight is 326 g/mol. The van der Waals surface area contributed by atoms with Crippen LogP contribution in [0.2, 0.25) is 0 Å². The zero-order valence-corrected chi connectivity index (χ0v) is 14.2. The fourth-order valence-electron chi connectivity index (χ4n) is 2.69. The van der Waals surface area contributed by atoms with E-state index in [-0.39, 0.29) is 5.57 Å². The second kappa shape index (κ2) is 7.02. The third-order valence-electron chi connectivity index (χ3n) is 4.30. The zero-order chi connectivity index (χ0) is 17.8. The lowest BCUT2D eigenvalue weighted by Crippen LogP contribution is -2.14. The van der Waals surface area contributed by atoms with Crippen LogP contribution in [0.15, 0.2) is 66.2 Å². The summed E-state index contributed by atoms with van der Waals surface area (Å²) in [7, 11) is 0. The molecule has 0 aliphatic heterocycles. The molecule has 3 heteroatoms. The van der Waals surface area contributed by atoms with E-state index in [2.05, 4.69) is 5.32 Å². The van der Waals surface area contributed by atoms with Gasteiger partial charge in [0.25, 0.3) is 5.91 Å². The van der Waals surface area contributed by atoms with Crippen LogP contribution < -0.4 is 5.32 Å². The molecule has 3 aromatic carbocycles. The molecule has 122 valence electrons. The highest BCUT2D eigenvalue weighted by Gasteiger charge is 2.11. The van der Waals surface area contributed by atoms with E-state index in [4.69, 9.17) is 0 Å². The number of amides is 1. The second-order valence-corrected chi connectivity index (χ2v) is 5.98. The normalized spacial score (nSPS) is 11.2. The Balaban J connectivity index is 1.90. The fourth-order valence-corrected chi connectivity index (χ4v) is 2.69. The molecule has 25 heavy (non-hydrogen) atoms. The minimum atomic E-state index is -0.399. The third kappa shape index (κ3) is 3.59. The topological polar surface area (TPSA) is 52.9 Å². The highest BCUT2D eigenvalue weighted by molar-refractivity contribution is 6.10. The highest BCUT2D eigenvalue weighted by Crippen LogP contribution is 2.20. The summed E-state index contributed by atoms with van der Waals surface area (Å²) < 4.78 is 0. The predicted molar refractivity (Wildman–Crippen MR) is 102 cm³/mol. The Bertz CT molecular complexity index is 1030. The van der Waals surface area contributed by atoms with Gasteiger partial charge in [-0.25, -0.2) is 0 Å². The number of fused-ring (bicyclic) bond motifs is 1. The van der Waals surface area contributed by atoms with E-state index in [1.807, 2.05) is 80.6 Å². The van der Waals surface area contributed by atoms with E-state index >= 15 is 0 Å². The Morgan fingerprint density at radius 1 is 1.00 bits per heavy atom. The van der Waals surface area contributed by atoms with Crippen LogP contribution in [-0.2, 0) is 4.79 Å². The van der Waals surface area contributed by atoms with Crippen molar-refractivity contribution in [2.45, 2.75) is 13.8 Å². The number of carbonyl (C=O) groups is 1. The minimum Gasteiger partial charge on any atom is -0.321 e. The van der Waals surface area contributed by atoms with Gasteiger partial charge >= 0.3 is 0 Å². The molecule has 0 aromatic heterocycles. The quantitative estimate of drug-likeness (QED) is 0.544. The first-order valence-corrected chi connectivity index (χ1v) is 8.06. The molecular weight excluding hydrogens is 308 g/mol. The molecule has 3 nitrogen and oxygen atoms in total. The van der Waals surface area contributed by atoms with Crippen LogP contribution in [0, 0.1) is 25.2 Å². The van der Waals surface area contributed by atoms with Gasteiger partial charge in [0.15, 0.2) is 0 Å². The lowest BCUT2D eigenvalue weighted by molar-refractivity contribution is -0.112. The van der Waals surface area contributed by atoms with E-state index in [9.17, 15) is 10.1 Å². The molecule has 0 aliphatic rings. The first kappa shape index (κ1) is 16.5. The Morgan fingerprint density at radius 3 is 2.52 bits per heavy atom. The Hall–Kier alpha value is -3.38. The van der Waals surface area contributed by atoms with Crippen molar-refractivity contribution in [2.24, 2.45) is 0 Å². The molecule has 1 amide bonds. The predicted octanol–water partition coefficient (Wildman–Crippen LogP) is 5.00. The number of nitriles is 1. The Morgan fingerprint density at radius 2 is 1.76 bits per heavy atom. The van der Waals surface area contributed by atoms with Gasteiger partial charge in [-0.05, 0) is 59.5 Å². The van der Waals surface area contributed by atoms with Crippen LogP contribution in [-0.4, -0.2) is 5.91 Å². The van der Waals surface area contributed by atoms with E-state index < -0.39 is 5.91 Å². The molecule has 0 aliphatic carbocycles. The van der Waals surface area contributed by atoms with Crippen molar-refractivity contribution in [1.29, 1.82) is 5.26 Å². The van der Waals surface area contributed by atoms with Crippen LogP contribution in [0.25, 0.3) is 16.8 Å². The molecule has 1 N–H and O–H groups in total. The van der Waals surface area contributed by atoms with Crippen LogP contribution in [0.5, 0.6) is 0 Å². The molecule has 0 radical (unpaired) electrons. The van der Waals surface area contributed by atoms with Gasteiger partial charge < -0.3 is 5.32 Å². The van der Waals surface area contributed by atoms with Gasteiger partial charge in [-0.15, -0.1) is 0 Å². The minimum absolute atomic E-state index is 0.0798. The number of aryl methyl sites for hydroxylation is 1. The molecule has 0 spiro atoms. The van der Waals surface area contributed by atoms with E-state index in [0.29, 0.717) is 0 Å². The molecule has 0 saturated heterocycles. The molecule has 0 saturated carbocycles. The SMILES string of the molecule is Cc1cccc(NC(=O)/C(C#N)=C/c2ccc3ccccc3c2)c1C. The number of hydrogen-bond donors (Lipinski definition) is 1. The molecule has 3 rings (SSSR count). The first-order chi connectivity index (χ1) is 12.1. The molecular formula is C22H18N2O. The van der Waals surface area contributed by atoms with Gasteiger partial charge in [0.2, 0.25) is 0 Å². The summed E-state index contributed by atoms with van der Waals surface area (Å²) in [6, 6.07) is 21.6. The number of benzene rings is 3. The van der Waals surface area contributed by atoms with Crippen molar-refractivity contribution in [3.8, 4) is 6.07 Å². The number of carbonyl (C=O) groups excluding carboxylic acids is 1. The Kier molecular flexibility index (Phi) is 4.63. The van der Waals surface area contributed by atoms with E-state index in [1.54, 1.807) is 6.08 Å². The fraction of sp³-hybridized carbons (Fsp3) is 0.0909. The summed E-state index contributed by atoms with van der Waals surface area (Å²) in [5.74, 6) is -0.399. The highest BCUT2D eigenvalue weighted by atomic mass is 16.1. The molecule has 3 aromatic rings. The number of nitrogens with one attached hydrogen (secondary N) is 1. The van der Waals surface area contributed by atoms with Gasteiger partial charge in [-0.3, -0.25) is 4.79 Å². The van der Waals surface area contributed by atoms with E-state index in [1.165, 1.54) is 0 Å². The van der Waals surface area contributed by atoms with Gasteiger partial charge in [-0.2, -0.15) is 5.26 Å².